The first-order chi connectivity index (χ1) is 9.24. The smallest absolute Gasteiger partial charge is 0.0660 e. The average molecular weight is 254 g/mol. The molecule has 0 aliphatic heterocycles. The Morgan fingerprint density at radius 3 is 2.63 bits per heavy atom. The monoisotopic (exact) mass is 254 g/mol. The summed E-state index contributed by atoms with van der Waals surface area (Å²) in [5, 5.41) is 3.21. The van der Waals surface area contributed by atoms with Crippen LogP contribution in [-0.4, -0.2) is 4.98 Å². The highest BCUT2D eigenvalue weighted by Crippen LogP contribution is 2.35. The third-order valence-electron chi connectivity index (χ3n) is 3.74. The van der Waals surface area contributed by atoms with Gasteiger partial charge >= 0.3 is 0 Å². The summed E-state index contributed by atoms with van der Waals surface area (Å²) >= 11 is 0. The predicted molar refractivity (Wildman–Crippen MR) is 83.1 cm³/mol. The Bertz CT molecular complexity index is 482. The van der Waals surface area contributed by atoms with Gasteiger partial charge in [0, 0.05) is 5.70 Å². The maximum Gasteiger partial charge on any atom is 0.0660 e. The van der Waals surface area contributed by atoms with Gasteiger partial charge < -0.3 is 5.32 Å². The summed E-state index contributed by atoms with van der Waals surface area (Å²) in [6.07, 6.45) is 11.9. The summed E-state index contributed by atoms with van der Waals surface area (Å²) in [6, 6.07) is 2.19. The Labute approximate surface area is 116 Å². The highest BCUT2D eigenvalue weighted by atomic mass is 14.9. The van der Waals surface area contributed by atoms with Crippen molar-refractivity contribution in [2.75, 3.05) is 5.32 Å². The van der Waals surface area contributed by atoms with Gasteiger partial charge in [0.2, 0.25) is 0 Å². The molecule has 1 aliphatic rings. The summed E-state index contributed by atoms with van der Waals surface area (Å²) in [5.74, 6) is 0.619. The molecule has 1 aromatic heterocycles. The van der Waals surface area contributed by atoms with Gasteiger partial charge in [-0.3, -0.25) is 4.98 Å². The highest BCUT2D eigenvalue weighted by Gasteiger charge is 2.18. The van der Waals surface area contributed by atoms with Crippen molar-refractivity contribution in [3.05, 3.63) is 55.0 Å². The van der Waals surface area contributed by atoms with Crippen molar-refractivity contribution in [1.82, 2.24) is 4.98 Å². The Balaban J connectivity index is 2.27. The number of nitrogens with one attached hydrogen (secondary N) is 1. The fourth-order valence-electron chi connectivity index (χ4n) is 2.71. The van der Waals surface area contributed by atoms with E-state index >= 15 is 0 Å². The molecule has 0 bridgehead atoms. The van der Waals surface area contributed by atoms with E-state index in [0.29, 0.717) is 5.92 Å². The quantitative estimate of drug-likeness (QED) is 0.757. The van der Waals surface area contributed by atoms with E-state index in [9.17, 15) is 0 Å². The van der Waals surface area contributed by atoms with Crippen LogP contribution >= 0.6 is 0 Å². The van der Waals surface area contributed by atoms with E-state index in [2.05, 4.69) is 36.1 Å². The van der Waals surface area contributed by atoms with Crippen LogP contribution in [-0.2, 0) is 0 Å². The normalized spacial score (nSPS) is 15.8. The molecule has 19 heavy (non-hydrogen) atoms. The van der Waals surface area contributed by atoms with Crippen LogP contribution in [0.2, 0.25) is 0 Å². The molecule has 1 aromatic rings. The van der Waals surface area contributed by atoms with E-state index in [0.717, 1.165) is 17.1 Å². The van der Waals surface area contributed by atoms with Crippen molar-refractivity contribution in [1.29, 1.82) is 0 Å². The molecule has 2 rings (SSSR count). The molecule has 1 N–H and O–H groups in total. The fraction of sp³-hybridized carbons (Fsp3) is 0.353. The molecule has 2 nitrogen and oxygen atoms in total. The maximum atomic E-state index is 4.50. The summed E-state index contributed by atoms with van der Waals surface area (Å²) in [7, 11) is 0. The fourth-order valence-corrected chi connectivity index (χ4v) is 2.71. The van der Waals surface area contributed by atoms with E-state index < -0.39 is 0 Å². The van der Waals surface area contributed by atoms with Crippen molar-refractivity contribution in [3.63, 3.8) is 0 Å². The minimum atomic E-state index is 0.619. The zero-order valence-electron chi connectivity index (χ0n) is 11.5. The van der Waals surface area contributed by atoms with Crippen LogP contribution in [0.1, 0.15) is 49.3 Å². The molecule has 100 valence electrons. The van der Waals surface area contributed by atoms with Gasteiger partial charge in [0.05, 0.1) is 17.6 Å². The number of allylic oxidation sites excluding steroid dienone is 1. The van der Waals surface area contributed by atoms with E-state index in [1.807, 2.05) is 12.3 Å². The van der Waals surface area contributed by atoms with Crippen LogP contribution in [0, 0.1) is 0 Å². The van der Waals surface area contributed by atoms with Gasteiger partial charge in [0.25, 0.3) is 0 Å². The zero-order valence-corrected chi connectivity index (χ0v) is 11.5. The molecule has 0 saturated heterocycles. The molecule has 1 fully saturated rings. The van der Waals surface area contributed by atoms with Gasteiger partial charge in [-0.2, -0.15) is 0 Å². The summed E-state index contributed by atoms with van der Waals surface area (Å²) in [4.78, 5) is 4.50. The number of nitrogens with zero attached hydrogens (tertiary/aromatic N) is 1. The Hall–Kier alpha value is -1.83. The lowest BCUT2D eigenvalue weighted by molar-refractivity contribution is 0.442. The van der Waals surface area contributed by atoms with Crippen LogP contribution in [0.5, 0.6) is 0 Å². The molecule has 2 heteroatoms. The molecule has 0 aromatic carbocycles. The number of anilines is 1. The van der Waals surface area contributed by atoms with E-state index in [1.54, 1.807) is 6.08 Å². The number of pyridine rings is 1. The lowest BCUT2D eigenvalue weighted by Gasteiger charge is -2.23. The zero-order chi connectivity index (χ0) is 13.7. The molecule has 1 aliphatic carbocycles. The van der Waals surface area contributed by atoms with Crippen molar-refractivity contribution in [3.8, 4) is 0 Å². The van der Waals surface area contributed by atoms with Crippen LogP contribution in [0.25, 0.3) is 6.08 Å². The minimum Gasteiger partial charge on any atom is -0.355 e. The second kappa shape index (κ2) is 6.37. The first-order valence-corrected chi connectivity index (χ1v) is 6.95. The Morgan fingerprint density at radius 2 is 2.00 bits per heavy atom. The third-order valence-corrected chi connectivity index (χ3v) is 3.74. The molecular weight excluding hydrogens is 232 g/mol. The number of aromatic nitrogens is 1. The van der Waals surface area contributed by atoms with Gasteiger partial charge in [0.1, 0.15) is 0 Å². The van der Waals surface area contributed by atoms with Gasteiger partial charge in [-0.25, -0.2) is 0 Å². The topological polar surface area (TPSA) is 24.9 Å². The molecular formula is C17H22N2. The first kappa shape index (κ1) is 13.6. The molecule has 1 heterocycles. The lowest BCUT2D eigenvalue weighted by atomic mass is 9.83. The second-order valence-electron chi connectivity index (χ2n) is 5.09. The molecule has 0 atom stereocenters. The summed E-state index contributed by atoms with van der Waals surface area (Å²) in [6.45, 7) is 11.5. The highest BCUT2D eigenvalue weighted by molar-refractivity contribution is 5.57. The standard InChI is InChI=1S/C17H22N2/c1-4-13(3)19-15-11-16(17(5-2)18-12-15)14-9-7-6-8-10-14/h4-5,11-12,14,19H,1-3,6-10H2. The molecule has 0 radical (unpaired) electrons. The summed E-state index contributed by atoms with van der Waals surface area (Å²) < 4.78 is 0. The molecule has 1 saturated carbocycles. The summed E-state index contributed by atoms with van der Waals surface area (Å²) in [5.41, 5.74) is 4.11. The molecule has 0 spiro atoms. The second-order valence-corrected chi connectivity index (χ2v) is 5.09. The number of hydrogen-bond acceptors (Lipinski definition) is 2. The van der Waals surface area contributed by atoms with Crippen LogP contribution in [0.15, 0.2) is 43.8 Å². The molecule has 0 amide bonds. The van der Waals surface area contributed by atoms with Crippen LogP contribution in [0.3, 0.4) is 0 Å². The van der Waals surface area contributed by atoms with Crippen molar-refractivity contribution in [2.45, 2.75) is 38.0 Å². The van der Waals surface area contributed by atoms with Crippen molar-refractivity contribution in [2.24, 2.45) is 0 Å². The number of rotatable bonds is 5. The Morgan fingerprint density at radius 1 is 1.26 bits per heavy atom. The van der Waals surface area contributed by atoms with Crippen molar-refractivity contribution >= 4 is 11.8 Å². The van der Waals surface area contributed by atoms with E-state index in [-0.39, 0.29) is 0 Å². The minimum absolute atomic E-state index is 0.619. The Kier molecular flexibility index (Phi) is 4.56. The van der Waals surface area contributed by atoms with Crippen LogP contribution < -0.4 is 5.32 Å². The third kappa shape index (κ3) is 3.34. The van der Waals surface area contributed by atoms with Gasteiger partial charge in [-0.15, -0.1) is 0 Å². The van der Waals surface area contributed by atoms with Gasteiger partial charge in [-0.05, 0) is 42.5 Å². The average Bonchev–Trinajstić information content (AvgIpc) is 2.48. The lowest BCUT2D eigenvalue weighted by Crippen LogP contribution is -2.08. The van der Waals surface area contributed by atoms with E-state index in [1.165, 1.54) is 37.7 Å². The first-order valence-electron chi connectivity index (χ1n) is 6.95. The largest absolute Gasteiger partial charge is 0.355 e. The number of hydrogen-bond donors (Lipinski definition) is 1. The van der Waals surface area contributed by atoms with Gasteiger partial charge in [0.15, 0.2) is 0 Å². The maximum absolute atomic E-state index is 4.50. The predicted octanol–water partition coefficient (Wildman–Crippen LogP) is 4.88. The molecule has 0 unspecified atom stereocenters. The van der Waals surface area contributed by atoms with Crippen LogP contribution in [0.4, 0.5) is 5.69 Å². The van der Waals surface area contributed by atoms with E-state index in [4.69, 9.17) is 0 Å². The SMILES string of the molecule is C=CC(=C)Nc1cnc(C=C)c(C2CCCCC2)c1. The van der Waals surface area contributed by atoms with Crippen molar-refractivity contribution < 1.29 is 0 Å². The van der Waals surface area contributed by atoms with Gasteiger partial charge in [-0.1, -0.05) is 39.0 Å².